The molecule has 0 aliphatic carbocycles. The fourth-order valence-corrected chi connectivity index (χ4v) is 3.34. The van der Waals surface area contributed by atoms with Crippen LogP contribution in [0, 0.1) is 0 Å². The number of hydrogen-bond donors (Lipinski definition) is 3. The summed E-state index contributed by atoms with van der Waals surface area (Å²) in [4.78, 5) is 12.6. The highest BCUT2D eigenvalue weighted by Crippen LogP contribution is 2.41. The lowest BCUT2D eigenvalue weighted by Crippen LogP contribution is -2.53. The Morgan fingerprint density at radius 3 is 2.74 bits per heavy atom. The SMILES string of the molecule is COCCOCO[C@@H](CO)CCC(=O)NC1c2cc3nonc3cc2OC(C)(C)C1O. The largest absolute Gasteiger partial charge is 0.485 e. The van der Waals surface area contributed by atoms with Gasteiger partial charge in [-0.05, 0) is 36.6 Å². The van der Waals surface area contributed by atoms with E-state index < -0.39 is 23.9 Å². The number of amides is 1. The molecule has 2 heterocycles. The van der Waals surface area contributed by atoms with Crippen molar-refractivity contribution < 1.29 is 38.6 Å². The molecule has 11 nitrogen and oxygen atoms in total. The van der Waals surface area contributed by atoms with Crippen molar-refractivity contribution in [2.45, 2.75) is 50.5 Å². The highest BCUT2D eigenvalue weighted by molar-refractivity contribution is 5.79. The number of nitrogens with one attached hydrogen (secondary N) is 1. The molecule has 11 heteroatoms. The minimum atomic E-state index is -1.000. The summed E-state index contributed by atoms with van der Waals surface area (Å²) in [7, 11) is 1.57. The lowest BCUT2D eigenvalue weighted by molar-refractivity contribution is -0.129. The Balaban J connectivity index is 1.62. The number of aliphatic hydroxyl groups is 2. The number of carbonyl (C=O) groups is 1. The van der Waals surface area contributed by atoms with Crippen LogP contribution in [0.2, 0.25) is 0 Å². The predicted molar refractivity (Wildman–Crippen MR) is 107 cm³/mol. The first-order valence-corrected chi connectivity index (χ1v) is 10.1. The summed E-state index contributed by atoms with van der Waals surface area (Å²) in [5, 5.41) is 30.8. The number of fused-ring (bicyclic) bond motifs is 2. The monoisotopic (exact) mass is 439 g/mol. The summed E-state index contributed by atoms with van der Waals surface area (Å²) in [6.07, 6.45) is -1.16. The molecular weight excluding hydrogens is 410 g/mol. The van der Waals surface area contributed by atoms with Gasteiger partial charge in [0.2, 0.25) is 5.91 Å². The molecule has 0 saturated carbocycles. The third kappa shape index (κ3) is 5.69. The normalized spacial score (nSPS) is 20.8. The van der Waals surface area contributed by atoms with Crippen molar-refractivity contribution in [1.29, 1.82) is 0 Å². The lowest BCUT2D eigenvalue weighted by Gasteiger charge is -2.42. The Hall–Kier alpha value is -2.31. The van der Waals surface area contributed by atoms with Crippen LogP contribution < -0.4 is 10.1 Å². The molecule has 0 bridgehead atoms. The topological polar surface area (TPSA) is 145 Å². The van der Waals surface area contributed by atoms with Crippen molar-refractivity contribution in [3.8, 4) is 5.75 Å². The van der Waals surface area contributed by atoms with Crippen molar-refractivity contribution in [3.05, 3.63) is 17.7 Å². The molecule has 0 radical (unpaired) electrons. The van der Waals surface area contributed by atoms with Gasteiger partial charge in [0.25, 0.3) is 0 Å². The van der Waals surface area contributed by atoms with E-state index in [0.29, 0.717) is 35.6 Å². The van der Waals surface area contributed by atoms with Crippen LogP contribution >= 0.6 is 0 Å². The van der Waals surface area contributed by atoms with E-state index in [2.05, 4.69) is 15.6 Å². The number of rotatable bonds is 11. The van der Waals surface area contributed by atoms with E-state index in [1.165, 1.54) is 0 Å². The number of aromatic nitrogens is 2. The molecule has 3 N–H and O–H groups in total. The Morgan fingerprint density at radius 1 is 1.29 bits per heavy atom. The summed E-state index contributed by atoms with van der Waals surface area (Å²) in [6, 6.07) is 2.65. The van der Waals surface area contributed by atoms with Crippen LogP contribution in [0.15, 0.2) is 16.8 Å². The van der Waals surface area contributed by atoms with Crippen LogP contribution in [-0.2, 0) is 19.0 Å². The highest BCUT2D eigenvalue weighted by Gasteiger charge is 2.44. The lowest BCUT2D eigenvalue weighted by atomic mass is 9.86. The van der Waals surface area contributed by atoms with E-state index in [-0.39, 0.29) is 32.1 Å². The van der Waals surface area contributed by atoms with Gasteiger partial charge in [-0.15, -0.1) is 0 Å². The molecule has 3 atom stereocenters. The van der Waals surface area contributed by atoms with Crippen molar-refractivity contribution in [1.82, 2.24) is 15.6 Å². The van der Waals surface area contributed by atoms with Crippen molar-refractivity contribution in [2.24, 2.45) is 0 Å². The first-order valence-electron chi connectivity index (χ1n) is 10.1. The maximum Gasteiger partial charge on any atom is 0.220 e. The zero-order valence-electron chi connectivity index (χ0n) is 17.9. The van der Waals surface area contributed by atoms with Gasteiger partial charge in [0.15, 0.2) is 0 Å². The predicted octanol–water partition coefficient (Wildman–Crippen LogP) is 0.690. The van der Waals surface area contributed by atoms with Crippen molar-refractivity contribution in [3.63, 3.8) is 0 Å². The molecular formula is C20H29N3O8. The van der Waals surface area contributed by atoms with Gasteiger partial charge in [-0.25, -0.2) is 4.63 Å². The minimum Gasteiger partial charge on any atom is -0.485 e. The average Bonchev–Trinajstić information content (AvgIpc) is 3.19. The number of methoxy groups -OCH3 is 1. The molecule has 2 unspecified atom stereocenters. The molecule has 0 spiro atoms. The van der Waals surface area contributed by atoms with Gasteiger partial charge < -0.3 is 34.5 Å². The number of aliphatic hydroxyl groups excluding tert-OH is 2. The smallest absolute Gasteiger partial charge is 0.220 e. The average molecular weight is 439 g/mol. The maximum atomic E-state index is 12.6. The van der Waals surface area contributed by atoms with Crippen LogP contribution in [0.5, 0.6) is 5.75 Å². The van der Waals surface area contributed by atoms with Gasteiger partial charge in [0.1, 0.15) is 35.3 Å². The fourth-order valence-electron chi connectivity index (χ4n) is 3.34. The molecule has 1 aromatic heterocycles. The standard InChI is InChI=1S/C20H29N3O8/c1-20(2)19(26)18(13-8-14-15(23-31-22-14)9-16(13)30-20)21-17(25)5-4-12(10-24)29-11-28-7-6-27-3/h8-9,12,18-19,24,26H,4-7,10-11H2,1-3H3,(H,21,25)/t12-,18?,19?/m1/s1. The summed E-state index contributed by atoms with van der Waals surface area (Å²) >= 11 is 0. The van der Waals surface area contributed by atoms with Crippen LogP contribution in [0.3, 0.4) is 0 Å². The molecule has 172 valence electrons. The van der Waals surface area contributed by atoms with Gasteiger partial charge in [-0.3, -0.25) is 4.79 Å². The molecule has 0 fully saturated rings. The van der Waals surface area contributed by atoms with E-state index >= 15 is 0 Å². The highest BCUT2D eigenvalue weighted by atomic mass is 16.7. The first kappa shape index (κ1) is 23.4. The van der Waals surface area contributed by atoms with Gasteiger partial charge in [0, 0.05) is 25.2 Å². The Morgan fingerprint density at radius 2 is 2.03 bits per heavy atom. The summed E-state index contributed by atoms with van der Waals surface area (Å²) in [5.41, 5.74) is 0.666. The third-order valence-corrected chi connectivity index (χ3v) is 5.15. The molecule has 3 rings (SSSR count). The van der Waals surface area contributed by atoms with Crippen molar-refractivity contribution in [2.75, 3.05) is 33.7 Å². The van der Waals surface area contributed by atoms with Gasteiger partial charge in [0.05, 0.1) is 32.0 Å². The second-order valence-corrected chi connectivity index (χ2v) is 7.87. The minimum absolute atomic E-state index is 0.00180. The zero-order valence-corrected chi connectivity index (χ0v) is 17.9. The molecule has 1 amide bonds. The number of hydrogen-bond acceptors (Lipinski definition) is 10. The molecule has 0 saturated heterocycles. The summed E-state index contributed by atoms with van der Waals surface area (Å²) in [5.74, 6) is 0.196. The summed E-state index contributed by atoms with van der Waals surface area (Å²) < 4.78 is 26.2. The van der Waals surface area contributed by atoms with Gasteiger partial charge in [-0.1, -0.05) is 0 Å². The molecule has 1 aliphatic heterocycles. The molecule has 31 heavy (non-hydrogen) atoms. The zero-order chi connectivity index (χ0) is 22.4. The molecule has 2 aromatic rings. The Labute approximate surface area is 179 Å². The van der Waals surface area contributed by atoms with E-state index in [0.717, 1.165) is 0 Å². The second kappa shape index (κ2) is 10.3. The van der Waals surface area contributed by atoms with Crippen LogP contribution in [0.4, 0.5) is 0 Å². The van der Waals surface area contributed by atoms with Crippen LogP contribution in [-0.4, -0.2) is 78.0 Å². The molecule has 1 aromatic carbocycles. The van der Waals surface area contributed by atoms with Crippen molar-refractivity contribution >= 4 is 16.9 Å². The van der Waals surface area contributed by atoms with E-state index in [1.54, 1.807) is 33.1 Å². The van der Waals surface area contributed by atoms with Crippen LogP contribution in [0.25, 0.3) is 11.0 Å². The Kier molecular flexibility index (Phi) is 7.79. The second-order valence-electron chi connectivity index (χ2n) is 7.87. The number of nitrogens with zero attached hydrogens (tertiary/aromatic N) is 2. The third-order valence-electron chi connectivity index (χ3n) is 5.15. The van der Waals surface area contributed by atoms with E-state index in [4.69, 9.17) is 23.6 Å². The van der Waals surface area contributed by atoms with E-state index in [9.17, 15) is 15.0 Å². The van der Waals surface area contributed by atoms with Crippen LogP contribution in [0.1, 0.15) is 38.3 Å². The quantitative estimate of drug-likeness (QED) is 0.338. The van der Waals surface area contributed by atoms with Gasteiger partial charge >= 0.3 is 0 Å². The van der Waals surface area contributed by atoms with Gasteiger partial charge in [-0.2, -0.15) is 0 Å². The first-order chi connectivity index (χ1) is 14.9. The maximum absolute atomic E-state index is 12.6. The number of benzene rings is 1. The molecule has 1 aliphatic rings. The summed E-state index contributed by atoms with van der Waals surface area (Å²) in [6.45, 7) is 4.05. The fraction of sp³-hybridized carbons (Fsp3) is 0.650. The van der Waals surface area contributed by atoms with E-state index in [1.807, 2.05) is 0 Å². The Bertz CT molecular complexity index is 871. The number of ether oxygens (including phenoxy) is 4. The number of carbonyl (C=O) groups excluding carboxylic acids is 1.